The third-order valence-electron chi connectivity index (χ3n) is 4.16. The van der Waals surface area contributed by atoms with E-state index in [1.54, 1.807) is 12.1 Å². The smallest absolute Gasteiger partial charge is 0.231 e. The summed E-state index contributed by atoms with van der Waals surface area (Å²) >= 11 is 3.30. The summed E-state index contributed by atoms with van der Waals surface area (Å²) in [4.78, 5) is 23.4. The van der Waals surface area contributed by atoms with E-state index < -0.39 is 17.3 Å². The third-order valence-corrected chi connectivity index (χ3v) is 4.65. The Morgan fingerprint density at radius 3 is 2.50 bits per heavy atom. The minimum Gasteiger partial charge on any atom is -0.296 e. The Kier molecular flexibility index (Phi) is 2.39. The Hall–Kier alpha value is -1.23. The van der Waals surface area contributed by atoms with Gasteiger partial charge in [-0.05, 0) is 30.2 Å². The number of fused-ring (bicyclic) bond motifs is 1. The van der Waals surface area contributed by atoms with E-state index in [1.165, 1.54) is 6.07 Å². The number of amides is 2. The lowest BCUT2D eigenvalue weighted by Gasteiger charge is -2.19. The molecular formula is C13H11BrFNO2. The molecule has 0 radical (unpaired) electrons. The molecule has 5 heteroatoms. The summed E-state index contributed by atoms with van der Waals surface area (Å²) in [5.41, 5.74) is -0.176. The van der Waals surface area contributed by atoms with Crippen molar-refractivity contribution >= 4 is 27.7 Å². The van der Waals surface area contributed by atoms with Gasteiger partial charge < -0.3 is 0 Å². The van der Waals surface area contributed by atoms with E-state index in [0.29, 0.717) is 12.0 Å². The maximum absolute atomic E-state index is 14.0. The molecule has 1 aromatic rings. The molecule has 2 fully saturated rings. The number of imide groups is 1. The summed E-state index contributed by atoms with van der Waals surface area (Å²) in [5, 5.41) is 2.30. The Labute approximate surface area is 112 Å². The Balaban J connectivity index is 2.13. The average molecular weight is 312 g/mol. The molecule has 1 N–H and O–H groups in total. The normalized spacial score (nSPS) is 33.3. The van der Waals surface area contributed by atoms with Gasteiger partial charge in [-0.2, -0.15) is 0 Å². The molecule has 1 saturated heterocycles. The van der Waals surface area contributed by atoms with Gasteiger partial charge in [0.25, 0.3) is 0 Å². The quantitative estimate of drug-likeness (QED) is 0.851. The molecule has 0 bridgehead atoms. The maximum atomic E-state index is 14.0. The number of benzene rings is 1. The second-order valence-electron chi connectivity index (χ2n) is 4.83. The lowest BCUT2D eigenvalue weighted by Crippen LogP contribution is -2.34. The van der Waals surface area contributed by atoms with Crippen LogP contribution in [-0.2, 0) is 15.0 Å². The van der Waals surface area contributed by atoms with Crippen LogP contribution in [0.2, 0.25) is 0 Å². The van der Waals surface area contributed by atoms with E-state index >= 15 is 0 Å². The van der Waals surface area contributed by atoms with Crippen molar-refractivity contribution in [3.8, 4) is 0 Å². The van der Waals surface area contributed by atoms with Crippen molar-refractivity contribution in [1.82, 2.24) is 5.32 Å². The lowest BCUT2D eigenvalue weighted by molar-refractivity contribution is -0.128. The monoisotopic (exact) mass is 311 g/mol. The first kappa shape index (κ1) is 11.8. The van der Waals surface area contributed by atoms with E-state index in [2.05, 4.69) is 21.2 Å². The number of carbonyl (C=O) groups excluding carboxylic acids is 2. The standard InChI is InChI=1S/C13H11BrFNO2/c1-2-13(7-5-6(14)3-4-8(7)15)9-10(13)12(18)16-11(9)17/h3-5,9-10H,2H2,1H3,(H,16,17,18)/t9-,10+,13?. The molecule has 0 spiro atoms. The fraction of sp³-hybridized carbons (Fsp3) is 0.385. The Morgan fingerprint density at radius 2 is 1.94 bits per heavy atom. The summed E-state index contributed by atoms with van der Waals surface area (Å²) in [6.45, 7) is 1.89. The van der Waals surface area contributed by atoms with Gasteiger partial charge in [-0.15, -0.1) is 0 Å². The van der Waals surface area contributed by atoms with Crippen molar-refractivity contribution in [3.05, 3.63) is 34.1 Å². The van der Waals surface area contributed by atoms with Crippen LogP contribution in [0.15, 0.2) is 22.7 Å². The van der Waals surface area contributed by atoms with Gasteiger partial charge >= 0.3 is 0 Å². The molecule has 2 amide bonds. The van der Waals surface area contributed by atoms with Gasteiger partial charge in [0, 0.05) is 9.89 Å². The first-order chi connectivity index (χ1) is 8.52. The summed E-state index contributed by atoms with van der Waals surface area (Å²) in [5.74, 6) is -1.70. The van der Waals surface area contributed by atoms with Crippen LogP contribution >= 0.6 is 15.9 Å². The number of halogens is 2. The van der Waals surface area contributed by atoms with E-state index in [4.69, 9.17) is 0 Å². The highest BCUT2D eigenvalue weighted by Crippen LogP contribution is 2.65. The van der Waals surface area contributed by atoms with Crippen molar-refractivity contribution in [1.29, 1.82) is 0 Å². The molecule has 18 heavy (non-hydrogen) atoms. The molecule has 1 aromatic carbocycles. The second-order valence-corrected chi connectivity index (χ2v) is 5.74. The van der Waals surface area contributed by atoms with Crippen LogP contribution in [0.4, 0.5) is 4.39 Å². The number of hydrogen-bond donors (Lipinski definition) is 1. The summed E-state index contributed by atoms with van der Waals surface area (Å²) in [6.07, 6.45) is 0.578. The molecule has 3 atom stereocenters. The summed E-state index contributed by atoms with van der Waals surface area (Å²) in [7, 11) is 0. The zero-order chi connectivity index (χ0) is 13.1. The molecule has 2 aliphatic rings. The molecule has 1 aliphatic heterocycles. The van der Waals surface area contributed by atoms with Crippen LogP contribution in [0.3, 0.4) is 0 Å². The molecule has 94 valence electrons. The van der Waals surface area contributed by atoms with Crippen LogP contribution in [0, 0.1) is 17.7 Å². The SMILES string of the molecule is CCC1(c2cc(Br)ccc2F)[C@@H]2C(=O)NC(=O)[C@@H]21. The van der Waals surface area contributed by atoms with Crippen LogP contribution in [-0.4, -0.2) is 11.8 Å². The number of piperidine rings is 1. The highest BCUT2D eigenvalue weighted by molar-refractivity contribution is 9.10. The number of rotatable bonds is 2. The molecule has 3 nitrogen and oxygen atoms in total. The maximum Gasteiger partial charge on any atom is 0.231 e. The van der Waals surface area contributed by atoms with Gasteiger partial charge in [-0.1, -0.05) is 22.9 Å². The van der Waals surface area contributed by atoms with Gasteiger partial charge in [0.2, 0.25) is 11.8 Å². The third kappa shape index (κ3) is 1.28. The van der Waals surface area contributed by atoms with Crippen molar-refractivity contribution in [2.24, 2.45) is 11.8 Å². The molecule has 1 saturated carbocycles. The predicted molar refractivity (Wildman–Crippen MR) is 66.2 cm³/mol. The van der Waals surface area contributed by atoms with E-state index in [-0.39, 0.29) is 17.6 Å². The summed E-state index contributed by atoms with van der Waals surface area (Å²) < 4.78 is 14.7. The van der Waals surface area contributed by atoms with Crippen LogP contribution in [0.1, 0.15) is 18.9 Å². The Morgan fingerprint density at radius 1 is 1.33 bits per heavy atom. The Bertz CT molecular complexity index is 552. The fourth-order valence-electron chi connectivity index (χ4n) is 3.31. The van der Waals surface area contributed by atoms with E-state index in [1.807, 2.05) is 6.92 Å². The molecule has 3 rings (SSSR count). The van der Waals surface area contributed by atoms with Crippen molar-refractivity contribution < 1.29 is 14.0 Å². The van der Waals surface area contributed by atoms with Gasteiger partial charge in [-0.25, -0.2) is 4.39 Å². The van der Waals surface area contributed by atoms with Gasteiger partial charge in [0.05, 0.1) is 11.8 Å². The number of nitrogens with one attached hydrogen (secondary N) is 1. The van der Waals surface area contributed by atoms with Gasteiger partial charge in [-0.3, -0.25) is 14.9 Å². The van der Waals surface area contributed by atoms with Crippen molar-refractivity contribution in [2.45, 2.75) is 18.8 Å². The van der Waals surface area contributed by atoms with Crippen LogP contribution in [0.5, 0.6) is 0 Å². The lowest BCUT2D eigenvalue weighted by atomic mass is 9.87. The molecule has 1 aliphatic carbocycles. The van der Waals surface area contributed by atoms with Gasteiger partial charge in [0.15, 0.2) is 0 Å². The van der Waals surface area contributed by atoms with Crippen LogP contribution < -0.4 is 5.32 Å². The largest absolute Gasteiger partial charge is 0.296 e. The second kappa shape index (κ2) is 3.63. The highest BCUT2D eigenvalue weighted by atomic mass is 79.9. The number of hydrogen-bond acceptors (Lipinski definition) is 2. The molecule has 0 aromatic heterocycles. The fourth-order valence-corrected chi connectivity index (χ4v) is 3.67. The van der Waals surface area contributed by atoms with E-state index in [0.717, 1.165) is 4.47 Å². The van der Waals surface area contributed by atoms with Crippen molar-refractivity contribution in [2.75, 3.05) is 0 Å². The average Bonchev–Trinajstić information content (AvgIpc) is 2.93. The zero-order valence-electron chi connectivity index (χ0n) is 9.67. The first-order valence-electron chi connectivity index (χ1n) is 5.82. The van der Waals surface area contributed by atoms with E-state index in [9.17, 15) is 14.0 Å². The minimum atomic E-state index is -0.646. The zero-order valence-corrected chi connectivity index (χ0v) is 11.3. The van der Waals surface area contributed by atoms with Crippen LogP contribution in [0.25, 0.3) is 0 Å². The first-order valence-corrected chi connectivity index (χ1v) is 6.62. The van der Waals surface area contributed by atoms with Crippen molar-refractivity contribution in [3.63, 3.8) is 0 Å². The number of carbonyl (C=O) groups is 2. The highest BCUT2D eigenvalue weighted by Gasteiger charge is 2.75. The van der Waals surface area contributed by atoms with Gasteiger partial charge in [0.1, 0.15) is 5.82 Å². The predicted octanol–water partition coefficient (Wildman–Crippen LogP) is 2.14. The summed E-state index contributed by atoms with van der Waals surface area (Å²) in [6, 6.07) is 4.66. The molecule has 1 heterocycles. The molecule has 1 unspecified atom stereocenters. The molecular weight excluding hydrogens is 301 g/mol. The minimum absolute atomic E-state index is 0.272. The topological polar surface area (TPSA) is 46.2 Å².